The fraction of sp³-hybridized carbons (Fsp3) is 0.429. The fourth-order valence-corrected chi connectivity index (χ4v) is 1.86. The van der Waals surface area contributed by atoms with Crippen molar-refractivity contribution in [3.8, 4) is 0 Å². The van der Waals surface area contributed by atoms with Gasteiger partial charge in [-0.15, -0.1) is 5.10 Å². The van der Waals surface area contributed by atoms with Crippen LogP contribution in [0.25, 0.3) is 0 Å². The normalized spacial score (nSPS) is 10.5. The Morgan fingerprint density at radius 2 is 2.05 bits per heavy atom. The molecule has 106 valence electrons. The average molecular weight is 273 g/mol. The van der Waals surface area contributed by atoms with Gasteiger partial charge in [0, 0.05) is 32.4 Å². The van der Waals surface area contributed by atoms with Gasteiger partial charge in [-0.2, -0.15) is 0 Å². The maximum Gasteiger partial charge on any atom is 0.293 e. The number of pyridine rings is 1. The Morgan fingerprint density at radius 1 is 1.30 bits per heavy atom. The van der Waals surface area contributed by atoms with E-state index in [1.807, 2.05) is 12.1 Å². The molecular formula is C14H19N5O. The minimum Gasteiger partial charge on any atom is -0.339 e. The van der Waals surface area contributed by atoms with E-state index in [-0.39, 0.29) is 11.7 Å². The van der Waals surface area contributed by atoms with Gasteiger partial charge in [0.25, 0.3) is 5.91 Å². The number of hydrogen-bond donors (Lipinski definition) is 1. The third kappa shape index (κ3) is 3.63. The van der Waals surface area contributed by atoms with Gasteiger partial charge in [0.05, 0.1) is 0 Å². The second-order valence-electron chi connectivity index (χ2n) is 4.69. The van der Waals surface area contributed by atoms with Crippen molar-refractivity contribution in [2.45, 2.75) is 26.2 Å². The second-order valence-corrected chi connectivity index (χ2v) is 4.69. The SMILES string of the molecule is CCCc1nc(C(=O)N(C)CCc2ccncc2)n[nH]1. The molecule has 0 spiro atoms. The first-order valence-electron chi connectivity index (χ1n) is 6.76. The van der Waals surface area contributed by atoms with E-state index in [1.165, 1.54) is 0 Å². The number of aromatic amines is 1. The van der Waals surface area contributed by atoms with Crippen molar-refractivity contribution in [3.05, 3.63) is 41.7 Å². The predicted octanol–water partition coefficient (Wildman–Crippen LogP) is 1.47. The molecule has 0 fully saturated rings. The Balaban J connectivity index is 1.91. The molecule has 6 nitrogen and oxygen atoms in total. The molecule has 20 heavy (non-hydrogen) atoms. The summed E-state index contributed by atoms with van der Waals surface area (Å²) in [6.07, 6.45) is 6.08. The number of carbonyl (C=O) groups is 1. The van der Waals surface area contributed by atoms with Gasteiger partial charge >= 0.3 is 0 Å². The highest BCUT2D eigenvalue weighted by atomic mass is 16.2. The molecular weight excluding hydrogens is 254 g/mol. The molecule has 0 bridgehead atoms. The number of aromatic nitrogens is 4. The molecule has 0 aliphatic heterocycles. The molecule has 2 rings (SSSR count). The summed E-state index contributed by atoms with van der Waals surface area (Å²) in [7, 11) is 1.76. The van der Waals surface area contributed by atoms with Crippen LogP contribution in [0.4, 0.5) is 0 Å². The third-order valence-corrected chi connectivity index (χ3v) is 3.04. The first-order valence-corrected chi connectivity index (χ1v) is 6.76. The minimum atomic E-state index is -0.155. The van der Waals surface area contributed by atoms with E-state index in [0.717, 1.165) is 30.7 Å². The highest BCUT2D eigenvalue weighted by molar-refractivity contribution is 5.90. The van der Waals surface area contributed by atoms with Gasteiger partial charge in [-0.05, 0) is 30.5 Å². The quantitative estimate of drug-likeness (QED) is 0.864. The number of carbonyl (C=O) groups excluding carboxylic acids is 1. The van der Waals surface area contributed by atoms with Crippen LogP contribution >= 0.6 is 0 Å². The Kier molecular flexibility index (Phi) is 4.81. The van der Waals surface area contributed by atoms with Crippen molar-refractivity contribution >= 4 is 5.91 Å². The van der Waals surface area contributed by atoms with Gasteiger partial charge in [-0.25, -0.2) is 4.98 Å². The van der Waals surface area contributed by atoms with Crippen LogP contribution in [0.1, 0.15) is 35.4 Å². The zero-order chi connectivity index (χ0) is 14.4. The topological polar surface area (TPSA) is 74.8 Å². The molecule has 0 saturated carbocycles. The van der Waals surface area contributed by atoms with Crippen LogP contribution in [0, 0.1) is 0 Å². The van der Waals surface area contributed by atoms with Crippen molar-refractivity contribution in [3.63, 3.8) is 0 Å². The summed E-state index contributed by atoms with van der Waals surface area (Å²) in [6.45, 7) is 2.69. The molecule has 6 heteroatoms. The van der Waals surface area contributed by atoms with Gasteiger partial charge < -0.3 is 4.90 Å². The van der Waals surface area contributed by atoms with Crippen molar-refractivity contribution in [1.29, 1.82) is 0 Å². The highest BCUT2D eigenvalue weighted by Crippen LogP contribution is 2.03. The monoisotopic (exact) mass is 273 g/mol. The third-order valence-electron chi connectivity index (χ3n) is 3.04. The number of rotatable bonds is 6. The zero-order valence-electron chi connectivity index (χ0n) is 11.8. The molecule has 0 aliphatic rings. The molecule has 0 aromatic carbocycles. The highest BCUT2D eigenvalue weighted by Gasteiger charge is 2.16. The summed E-state index contributed by atoms with van der Waals surface area (Å²) in [6, 6.07) is 3.90. The first-order chi connectivity index (χ1) is 9.70. The molecule has 0 atom stereocenters. The Labute approximate surface area is 118 Å². The largest absolute Gasteiger partial charge is 0.339 e. The lowest BCUT2D eigenvalue weighted by molar-refractivity contribution is 0.0785. The lowest BCUT2D eigenvalue weighted by Crippen LogP contribution is -2.29. The molecule has 0 saturated heterocycles. The van der Waals surface area contributed by atoms with Gasteiger partial charge in [0.15, 0.2) is 0 Å². The predicted molar refractivity (Wildman–Crippen MR) is 75.3 cm³/mol. The van der Waals surface area contributed by atoms with E-state index in [2.05, 4.69) is 27.1 Å². The molecule has 0 radical (unpaired) electrons. The lowest BCUT2D eigenvalue weighted by Gasteiger charge is -2.14. The van der Waals surface area contributed by atoms with Gasteiger partial charge in [-0.1, -0.05) is 6.92 Å². The van der Waals surface area contributed by atoms with E-state index >= 15 is 0 Å². The Bertz CT molecular complexity index is 552. The maximum absolute atomic E-state index is 12.2. The molecule has 1 N–H and O–H groups in total. The van der Waals surface area contributed by atoms with Crippen LogP contribution in [0.5, 0.6) is 0 Å². The summed E-state index contributed by atoms with van der Waals surface area (Å²) in [5.41, 5.74) is 1.15. The van der Waals surface area contributed by atoms with E-state index in [0.29, 0.717) is 6.54 Å². The van der Waals surface area contributed by atoms with Crippen molar-refractivity contribution in [2.75, 3.05) is 13.6 Å². The van der Waals surface area contributed by atoms with Gasteiger partial charge in [-0.3, -0.25) is 14.9 Å². The van der Waals surface area contributed by atoms with Crippen molar-refractivity contribution in [2.24, 2.45) is 0 Å². The van der Waals surface area contributed by atoms with Crippen LogP contribution in [0.15, 0.2) is 24.5 Å². The standard InChI is InChI=1S/C14H19N5O/c1-3-4-12-16-13(18-17-12)14(20)19(2)10-7-11-5-8-15-9-6-11/h5-6,8-9H,3-4,7,10H2,1-2H3,(H,16,17,18). The smallest absolute Gasteiger partial charge is 0.293 e. The van der Waals surface area contributed by atoms with Crippen molar-refractivity contribution < 1.29 is 4.79 Å². The van der Waals surface area contributed by atoms with Crippen LogP contribution < -0.4 is 0 Å². The maximum atomic E-state index is 12.2. The van der Waals surface area contributed by atoms with E-state index < -0.39 is 0 Å². The molecule has 1 amide bonds. The number of amides is 1. The van der Waals surface area contributed by atoms with Crippen LogP contribution in [0.2, 0.25) is 0 Å². The van der Waals surface area contributed by atoms with Crippen LogP contribution in [-0.2, 0) is 12.8 Å². The second kappa shape index (κ2) is 6.79. The molecule has 2 aromatic rings. The average Bonchev–Trinajstić information content (AvgIpc) is 2.94. The molecule has 2 heterocycles. The lowest BCUT2D eigenvalue weighted by atomic mass is 10.2. The number of aryl methyl sites for hydroxylation is 1. The van der Waals surface area contributed by atoms with Crippen LogP contribution in [0.3, 0.4) is 0 Å². The van der Waals surface area contributed by atoms with Gasteiger partial charge in [0.1, 0.15) is 5.82 Å². The number of likely N-dealkylation sites (N-methyl/N-ethyl adjacent to an activating group) is 1. The van der Waals surface area contributed by atoms with E-state index in [1.54, 1.807) is 24.3 Å². The number of H-pyrrole nitrogens is 1. The molecule has 2 aromatic heterocycles. The first kappa shape index (κ1) is 14.2. The number of nitrogens with zero attached hydrogens (tertiary/aromatic N) is 4. The fourth-order valence-electron chi connectivity index (χ4n) is 1.86. The summed E-state index contributed by atoms with van der Waals surface area (Å²) >= 11 is 0. The summed E-state index contributed by atoms with van der Waals surface area (Å²) < 4.78 is 0. The number of nitrogens with one attached hydrogen (secondary N) is 1. The summed E-state index contributed by atoms with van der Waals surface area (Å²) in [4.78, 5) is 22.0. The van der Waals surface area contributed by atoms with Crippen molar-refractivity contribution in [1.82, 2.24) is 25.1 Å². The van der Waals surface area contributed by atoms with Gasteiger partial charge in [0.2, 0.25) is 5.82 Å². The summed E-state index contributed by atoms with van der Waals surface area (Å²) in [5.74, 6) is 0.849. The summed E-state index contributed by atoms with van der Waals surface area (Å²) in [5, 5.41) is 6.77. The molecule has 0 aliphatic carbocycles. The van der Waals surface area contributed by atoms with E-state index in [4.69, 9.17) is 0 Å². The zero-order valence-corrected chi connectivity index (χ0v) is 11.8. The Morgan fingerprint density at radius 3 is 2.75 bits per heavy atom. The Hall–Kier alpha value is -2.24. The molecule has 0 unspecified atom stereocenters. The van der Waals surface area contributed by atoms with E-state index in [9.17, 15) is 4.79 Å². The van der Waals surface area contributed by atoms with Crippen LogP contribution in [-0.4, -0.2) is 44.6 Å². The minimum absolute atomic E-state index is 0.155. The number of hydrogen-bond acceptors (Lipinski definition) is 4.